The second kappa shape index (κ2) is 10.0. The maximum absolute atomic E-state index is 13.6. The summed E-state index contributed by atoms with van der Waals surface area (Å²) in [5, 5.41) is 4.91. The summed E-state index contributed by atoms with van der Waals surface area (Å²) in [4.78, 5) is 17.2. The Labute approximate surface area is 201 Å². The molecule has 0 N–H and O–H groups in total. The van der Waals surface area contributed by atoms with E-state index in [1.807, 2.05) is 31.2 Å². The molecule has 4 rings (SSSR count). The van der Waals surface area contributed by atoms with Crippen molar-refractivity contribution in [2.45, 2.75) is 44.7 Å². The van der Waals surface area contributed by atoms with Gasteiger partial charge in [-0.1, -0.05) is 37.6 Å². The summed E-state index contributed by atoms with van der Waals surface area (Å²) in [6.45, 7) is 7.63. The molecule has 1 amide bonds. The van der Waals surface area contributed by atoms with E-state index in [0.29, 0.717) is 56.8 Å². The second-order valence-electron chi connectivity index (χ2n) is 8.95. The van der Waals surface area contributed by atoms with E-state index in [1.54, 1.807) is 15.8 Å². The first-order valence-corrected chi connectivity index (χ1v) is 13.5. The van der Waals surface area contributed by atoms with E-state index in [1.165, 1.54) is 4.31 Å². The van der Waals surface area contributed by atoms with Gasteiger partial charge in [-0.05, 0) is 37.3 Å². The number of benzene rings is 1. The van der Waals surface area contributed by atoms with Crippen molar-refractivity contribution in [2.75, 3.05) is 44.2 Å². The molecular weight excluding hydrogens is 462 g/mol. The molecule has 0 radical (unpaired) electrons. The fourth-order valence-corrected chi connectivity index (χ4v) is 6.40. The number of aromatic nitrogens is 2. The molecule has 1 aromatic carbocycles. The van der Waals surface area contributed by atoms with E-state index in [4.69, 9.17) is 11.6 Å². The van der Waals surface area contributed by atoms with Gasteiger partial charge >= 0.3 is 0 Å². The van der Waals surface area contributed by atoms with Crippen molar-refractivity contribution in [1.82, 2.24) is 19.0 Å². The number of amides is 1. The number of nitrogens with zero attached hydrogens (tertiary/aromatic N) is 5. The average Bonchev–Trinajstić information content (AvgIpc) is 3.24. The number of anilines is 1. The Morgan fingerprint density at radius 3 is 2.55 bits per heavy atom. The fourth-order valence-electron chi connectivity index (χ4n) is 4.63. The third-order valence-electron chi connectivity index (χ3n) is 6.37. The van der Waals surface area contributed by atoms with E-state index in [0.717, 1.165) is 24.9 Å². The number of likely N-dealkylation sites (tertiary alicyclic amines) is 1. The van der Waals surface area contributed by atoms with Gasteiger partial charge in [-0.2, -0.15) is 9.40 Å². The number of piperazine rings is 1. The van der Waals surface area contributed by atoms with Gasteiger partial charge in [-0.3, -0.25) is 9.48 Å². The lowest BCUT2D eigenvalue weighted by molar-refractivity contribution is 0.0679. The molecule has 2 aliphatic rings. The number of hydrogen-bond acceptors (Lipinski definition) is 5. The van der Waals surface area contributed by atoms with Gasteiger partial charge in [0.05, 0.1) is 16.3 Å². The number of sulfonamides is 1. The zero-order valence-electron chi connectivity index (χ0n) is 19.3. The predicted molar refractivity (Wildman–Crippen MR) is 129 cm³/mol. The summed E-state index contributed by atoms with van der Waals surface area (Å²) < 4.78 is 30.3. The lowest BCUT2D eigenvalue weighted by Gasteiger charge is -2.35. The van der Waals surface area contributed by atoms with Gasteiger partial charge in [0.15, 0.2) is 0 Å². The maximum Gasteiger partial charge on any atom is 0.263 e. The SMILES string of the molecule is CCCn1cc(C(=O)N2CCC[C@H](C)C2)c(S(=O)(=O)N2CCN(c3ccccc3Cl)CC2)n1. The van der Waals surface area contributed by atoms with Gasteiger partial charge in [0.1, 0.15) is 0 Å². The Hall–Kier alpha value is -2.10. The van der Waals surface area contributed by atoms with Gasteiger partial charge in [0, 0.05) is 52.0 Å². The van der Waals surface area contributed by atoms with E-state index in [-0.39, 0.29) is 16.5 Å². The Kier molecular flexibility index (Phi) is 7.31. The van der Waals surface area contributed by atoms with Crippen LogP contribution in [0.1, 0.15) is 43.5 Å². The number of halogens is 1. The van der Waals surface area contributed by atoms with Crippen molar-refractivity contribution in [3.63, 3.8) is 0 Å². The monoisotopic (exact) mass is 493 g/mol. The zero-order chi connectivity index (χ0) is 23.6. The molecule has 1 atom stereocenters. The molecular formula is C23H32ClN5O3S. The molecule has 8 nitrogen and oxygen atoms in total. The number of rotatable bonds is 6. The molecule has 1 aromatic heterocycles. The minimum atomic E-state index is -3.91. The van der Waals surface area contributed by atoms with Crippen LogP contribution in [0, 0.1) is 5.92 Å². The minimum Gasteiger partial charge on any atom is -0.368 e. The highest BCUT2D eigenvalue weighted by molar-refractivity contribution is 7.89. The summed E-state index contributed by atoms with van der Waals surface area (Å²) in [6.07, 6.45) is 4.42. The molecule has 3 heterocycles. The van der Waals surface area contributed by atoms with Gasteiger partial charge in [0.25, 0.3) is 15.9 Å². The Balaban J connectivity index is 1.57. The third kappa shape index (κ3) is 5.05. The predicted octanol–water partition coefficient (Wildman–Crippen LogP) is 3.33. The summed E-state index contributed by atoms with van der Waals surface area (Å²) >= 11 is 6.32. The molecule has 0 bridgehead atoms. The van der Waals surface area contributed by atoms with Crippen LogP contribution < -0.4 is 4.90 Å². The van der Waals surface area contributed by atoms with Gasteiger partial charge < -0.3 is 9.80 Å². The topological polar surface area (TPSA) is 78.8 Å². The molecule has 2 saturated heterocycles. The van der Waals surface area contributed by atoms with Crippen LogP contribution in [0.2, 0.25) is 5.02 Å². The van der Waals surface area contributed by atoms with Crippen LogP contribution in [0.3, 0.4) is 0 Å². The van der Waals surface area contributed by atoms with E-state index < -0.39 is 10.0 Å². The van der Waals surface area contributed by atoms with Crippen molar-refractivity contribution in [2.24, 2.45) is 5.92 Å². The minimum absolute atomic E-state index is 0.120. The molecule has 2 fully saturated rings. The Morgan fingerprint density at radius 1 is 1.15 bits per heavy atom. The summed E-state index contributed by atoms with van der Waals surface area (Å²) in [7, 11) is -3.91. The molecule has 2 aliphatic heterocycles. The van der Waals surface area contributed by atoms with Gasteiger partial charge in [0.2, 0.25) is 5.03 Å². The van der Waals surface area contributed by atoms with Crippen LogP contribution in [0.15, 0.2) is 35.5 Å². The molecule has 0 unspecified atom stereocenters. The smallest absolute Gasteiger partial charge is 0.263 e. The molecule has 0 spiro atoms. The third-order valence-corrected chi connectivity index (χ3v) is 8.53. The average molecular weight is 494 g/mol. The van der Waals surface area contributed by atoms with Crippen molar-refractivity contribution >= 4 is 33.2 Å². The van der Waals surface area contributed by atoms with Gasteiger partial charge in [-0.25, -0.2) is 8.42 Å². The number of para-hydroxylation sites is 1. The highest BCUT2D eigenvalue weighted by Crippen LogP contribution is 2.28. The van der Waals surface area contributed by atoms with Crippen LogP contribution in [0.5, 0.6) is 0 Å². The second-order valence-corrected chi connectivity index (χ2v) is 11.2. The Bertz CT molecular complexity index is 1100. The zero-order valence-corrected chi connectivity index (χ0v) is 20.9. The number of aryl methyl sites for hydroxylation is 1. The van der Waals surface area contributed by atoms with Crippen molar-refractivity contribution in [1.29, 1.82) is 0 Å². The first-order valence-electron chi connectivity index (χ1n) is 11.7. The Morgan fingerprint density at radius 2 is 1.88 bits per heavy atom. The fraction of sp³-hybridized carbons (Fsp3) is 0.565. The maximum atomic E-state index is 13.6. The molecule has 180 valence electrons. The summed E-state index contributed by atoms with van der Waals surface area (Å²) in [5.74, 6) is 0.170. The number of carbonyl (C=O) groups excluding carboxylic acids is 1. The van der Waals surface area contributed by atoms with Crippen LogP contribution in [0.4, 0.5) is 5.69 Å². The van der Waals surface area contributed by atoms with Gasteiger partial charge in [-0.15, -0.1) is 0 Å². The number of piperidine rings is 1. The lowest BCUT2D eigenvalue weighted by Crippen LogP contribution is -2.49. The van der Waals surface area contributed by atoms with Crippen LogP contribution >= 0.6 is 11.6 Å². The quantitative estimate of drug-likeness (QED) is 0.616. The van der Waals surface area contributed by atoms with Crippen molar-refractivity contribution in [3.05, 3.63) is 41.0 Å². The molecule has 0 aliphatic carbocycles. The number of carbonyl (C=O) groups is 1. The first-order chi connectivity index (χ1) is 15.8. The largest absolute Gasteiger partial charge is 0.368 e. The van der Waals surface area contributed by atoms with Crippen molar-refractivity contribution in [3.8, 4) is 0 Å². The summed E-state index contributed by atoms with van der Waals surface area (Å²) in [6, 6.07) is 7.57. The number of hydrogen-bond donors (Lipinski definition) is 0. The highest BCUT2D eigenvalue weighted by Gasteiger charge is 2.36. The lowest BCUT2D eigenvalue weighted by atomic mass is 10.00. The van der Waals surface area contributed by atoms with E-state index in [2.05, 4.69) is 16.9 Å². The van der Waals surface area contributed by atoms with Crippen LogP contribution in [-0.2, 0) is 16.6 Å². The first kappa shape index (κ1) is 24.0. The van der Waals surface area contributed by atoms with E-state index >= 15 is 0 Å². The highest BCUT2D eigenvalue weighted by atomic mass is 35.5. The van der Waals surface area contributed by atoms with Crippen LogP contribution in [-0.4, -0.2) is 72.6 Å². The van der Waals surface area contributed by atoms with E-state index in [9.17, 15) is 13.2 Å². The molecule has 33 heavy (non-hydrogen) atoms. The normalized spacial score (nSPS) is 20.3. The van der Waals surface area contributed by atoms with Crippen LogP contribution in [0.25, 0.3) is 0 Å². The summed E-state index contributed by atoms with van der Waals surface area (Å²) in [5.41, 5.74) is 1.09. The van der Waals surface area contributed by atoms with Crippen molar-refractivity contribution < 1.29 is 13.2 Å². The molecule has 2 aromatic rings. The molecule has 10 heteroatoms. The molecule has 0 saturated carbocycles. The standard InChI is InChI=1S/C23H32ClN5O3S/c1-3-10-28-17-19(23(30)27-11-6-7-18(2)16-27)22(25-28)33(31,32)29-14-12-26(13-15-29)21-9-5-4-8-20(21)24/h4-5,8-9,17-18H,3,6-7,10-16H2,1-2H3/t18-/m0/s1.